The van der Waals surface area contributed by atoms with Gasteiger partial charge in [-0.15, -0.1) is 0 Å². The maximum Gasteiger partial charge on any atom is 0.220 e. The molecule has 1 heterocycles. The number of carbonyl (C=O) groups is 1. The second kappa shape index (κ2) is 4.48. The molecule has 70 valence electrons. The molecule has 2 unspecified atom stereocenters. The standard InChI is InChI=1S/C10H19NO/c1-3-9-7-11-10(12)6-4-5-8(9)2/h8-9H,3-7H2,1-2H3,(H,11,12). The molecule has 0 radical (unpaired) electrons. The molecule has 2 atom stereocenters. The van der Waals surface area contributed by atoms with Gasteiger partial charge in [-0.25, -0.2) is 0 Å². The highest BCUT2D eigenvalue weighted by molar-refractivity contribution is 5.75. The van der Waals surface area contributed by atoms with Crippen molar-refractivity contribution < 1.29 is 4.79 Å². The number of amides is 1. The largest absolute Gasteiger partial charge is 0.356 e. The Bertz CT molecular complexity index is 156. The Balaban J connectivity index is 2.45. The topological polar surface area (TPSA) is 29.1 Å². The molecule has 1 fully saturated rings. The highest BCUT2D eigenvalue weighted by atomic mass is 16.1. The van der Waals surface area contributed by atoms with Gasteiger partial charge in [0, 0.05) is 13.0 Å². The van der Waals surface area contributed by atoms with Crippen LogP contribution in [0.3, 0.4) is 0 Å². The minimum absolute atomic E-state index is 0.236. The second-order valence-corrected chi connectivity index (χ2v) is 3.84. The summed E-state index contributed by atoms with van der Waals surface area (Å²) in [6.45, 7) is 5.39. The third-order valence-corrected chi connectivity index (χ3v) is 2.95. The van der Waals surface area contributed by atoms with Gasteiger partial charge >= 0.3 is 0 Å². The van der Waals surface area contributed by atoms with Gasteiger partial charge in [0.1, 0.15) is 0 Å². The van der Waals surface area contributed by atoms with Crippen molar-refractivity contribution in [2.75, 3.05) is 6.54 Å². The average molecular weight is 169 g/mol. The molecule has 1 amide bonds. The van der Waals surface area contributed by atoms with Crippen LogP contribution in [0.1, 0.15) is 39.5 Å². The number of hydrogen-bond acceptors (Lipinski definition) is 1. The summed E-state index contributed by atoms with van der Waals surface area (Å²) in [4.78, 5) is 11.1. The van der Waals surface area contributed by atoms with Gasteiger partial charge in [-0.3, -0.25) is 4.79 Å². The Morgan fingerprint density at radius 3 is 3.00 bits per heavy atom. The Morgan fingerprint density at radius 1 is 1.58 bits per heavy atom. The monoisotopic (exact) mass is 169 g/mol. The Kier molecular flexibility index (Phi) is 3.57. The molecule has 0 aromatic carbocycles. The fourth-order valence-electron chi connectivity index (χ4n) is 1.90. The third-order valence-electron chi connectivity index (χ3n) is 2.95. The van der Waals surface area contributed by atoms with Crippen molar-refractivity contribution in [3.8, 4) is 0 Å². The Hall–Kier alpha value is -0.530. The summed E-state index contributed by atoms with van der Waals surface area (Å²) in [6, 6.07) is 0. The summed E-state index contributed by atoms with van der Waals surface area (Å²) in [7, 11) is 0. The first-order valence-corrected chi connectivity index (χ1v) is 5.00. The van der Waals surface area contributed by atoms with E-state index in [4.69, 9.17) is 0 Å². The second-order valence-electron chi connectivity index (χ2n) is 3.84. The fourth-order valence-corrected chi connectivity index (χ4v) is 1.90. The smallest absolute Gasteiger partial charge is 0.220 e. The van der Waals surface area contributed by atoms with Crippen molar-refractivity contribution in [3.05, 3.63) is 0 Å². The lowest BCUT2D eigenvalue weighted by Crippen LogP contribution is -2.33. The molecule has 1 rings (SSSR count). The molecule has 1 N–H and O–H groups in total. The molecule has 0 aromatic heterocycles. The van der Waals surface area contributed by atoms with Gasteiger partial charge in [-0.2, -0.15) is 0 Å². The van der Waals surface area contributed by atoms with E-state index >= 15 is 0 Å². The van der Waals surface area contributed by atoms with Gasteiger partial charge in [0.2, 0.25) is 5.91 Å². The summed E-state index contributed by atoms with van der Waals surface area (Å²) in [5.41, 5.74) is 0. The lowest BCUT2D eigenvalue weighted by molar-refractivity contribution is -0.121. The maximum atomic E-state index is 11.1. The lowest BCUT2D eigenvalue weighted by Gasteiger charge is -2.25. The van der Waals surface area contributed by atoms with Gasteiger partial charge in [0.05, 0.1) is 0 Å². The molecule has 12 heavy (non-hydrogen) atoms. The molecule has 2 heteroatoms. The van der Waals surface area contributed by atoms with Crippen LogP contribution >= 0.6 is 0 Å². The molecule has 0 aliphatic carbocycles. The van der Waals surface area contributed by atoms with Crippen LogP contribution in [0.25, 0.3) is 0 Å². The first kappa shape index (κ1) is 9.56. The summed E-state index contributed by atoms with van der Waals surface area (Å²) in [5, 5.41) is 2.98. The number of hydrogen-bond donors (Lipinski definition) is 1. The van der Waals surface area contributed by atoms with Crippen LogP contribution in [0.4, 0.5) is 0 Å². The van der Waals surface area contributed by atoms with E-state index < -0.39 is 0 Å². The molecular weight excluding hydrogens is 150 g/mol. The van der Waals surface area contributed by atoms with Crippen molar-refractivity contribution in [2.45, 2.75) is 39.5 Å². The lowest BCUT2D eigenvalue weighted by atomic mass is 9.86. The van der Waals surface area contributed by atoms with E-state index in [0.29, 0.717) is 5.92 Å². The predicted molar refractivity (Wildman–Crippen MR) is 49.8 cm³/mol. The molecule has 1 saturated heterocycles. The Morgan fingerprint density at radius 2 is 2.33 bits per heavy atom. The van der Waals surface area contributed by atoms with Crippen molar-refractivity contribution in [1.29, 1.82) is 0 Å². The summed E-state index contributed by atoms with van der Waals surface area (Å²) in [6.07, 6.45) is 4.18. The van der Waals surface area contributed by atoms with Crippen LogP contribution in [0.15, 0.2) is 0 Å². The van der Waals surface area contributed by atoms with E-state index in [1.807, 2.05) is 0 Å². The molecular formula is C10H19NO. The quantitative estimate of drug-likeness (QED) is 0.638. The normalized spacial score (nSPS) is 32.0. The minimum atomic E-state index is 0.236. The molecule has 1 aliphatic heterocycles. The van der Waals surface area contributed by atoms with E-state index in [9.17, 15) is 4.79 Å². The van der Waals surface area contributed by atoms with Crippen LogP contribution in [0.2, 0.25) is 0 Å². The van der Waals surface area contributed by atoms with Crippen LogP contribution in [-0.2, 0) is 4.79 Å². The maximum absolute atomic E-state index is 11.1. The number of rotatable bonds is 1. The van der Waals surface area contributed by atoms with Crippen LogP contribution < -0.4 is 5.32 Å². The molecule has 2 nitrogen and oxygen atoms in total. The van der Waals surface area contributed by atoms with Crippen LogP contribution in [0, 0.1) is 11.8 Å². The average Bonchev–Trinajstić information content (AvgIpc) is 2.03. The summed E-state index contributed by atoms with van der Waals surface area (Å²) < 4.78 is 0. The minimum Gasteiger partial charge on any atom is -0.356 e. The van der Waals surface area contributed by atoms with Gasteiger partial charge < -0.3 is 5.32 Å². The van der Waals surface area contributed by atoms with Crippen LogP contribution in [-0.4, -0.2) is 12.5 Å². The molecule has 0 aromatic rings. The molecule has 0 bridgehead atoms. The van der Waals surface area contributed by atoms with E-state index in [1.165, 1.54) is 12.8 Å². The van der Waals surface area contributed by atoms with Crippen molar-refractivity contribution in [1.82, 2.24) is 5.32 Å². The first-order chi connectivity index (χ1) is 5.74. The van der Waals surface area contributed by atoms with E-state index in [2.05, 4.69) is 19.2 Å². The van der Waals surface area contributed by atoms with E-state index in [1.54, 1.807) is 0 Å². The zero-order valence-electron chi connectivity index (χ0n) is 8.10. The number of carbonyl (C=O) groups excluding carboxylic acids is 1. The summed E-state index contributed by atoms with van der Waals surface area (Å²) in [5.74, 6) is 1.70. The highest BCUT2D eigenvalue weighted by Crippen LogP contribution is 2.22. The molecule has 1 aliphatic rings. The summed E-state index contributed by atoms with van der Waals surface area (Å²) >= 11 is 0. The van der Waals surface area contributed by atoms with Crippen molar-refractivity contribution >= 4 is 5.91 Å². The van der Waals surface area contributed by atoms with Gasteiger partial charge in [-0.05, 0) is 24.7 Å². The molecule has 0 saturated carbocycles. The van der Waals surface area contributed by atoms with Gasteiger partial charge in [0.25, 0.3) is 0 Å². The predicted octanol–water partition coefficient (Wildman–Crippen LogP) is 1.95. The SMILES string of the molecule is CCC1CNC(=O)CCCC1C. The zero-order valence-corrected chi connectivity index (χ0v) is 8.10. The van der Waals surface area contributed by atoms with Crippen molar-refractivity contribution in [3.63, 3.8) is 0 Å². The van der Waals surface area contributed by atoms with Gasteiger partial charge in [0.15, 0.2) is 0 Å². The molecule has 0 spiro atoms. The Labute approximate surface area is 74.7 Å². The van der Waals surface area contributed by atoms with E-state index in [0.717, 1.165) is 25.3 Å². The van der Waals surface area contributed by atoms with Crippen LogP contribution in [0.5, 0.6) is 0 Å². The zero-order chi connectivity index (χ0) is 8.97. The fraction of sp³-hybridized carbons (Fsp3) is 0.900. The van der Waals surface area contributed by atoms with E-state index in [-0.39, 0.29) is 5.91 Å². The third kappa shape index (κ3) is 2.50. The first-order valence-electron chi connectivity index (χ1n) is 5.00. The highest BCUT2D eigenvalue weighted by Gasteiger charge is 2.18. The van der Waals surface area contributed by atoms with Gasteiger partial charge in [-0.1, -0.05) is 20.3 Å². The number of nitrogens with one attached hydrogen (secondary N) is 1. The van der Waals surface area contributed by atoms with Crippen molar-refractivity contribution in [2.24, 2.45) is 11.8 Å².